The summed E-state index contributed by atoms with van der Waals surface area (Å²) in [6.07, 6.45) is 1.68. The highest BCUT2D eigenvalue weighted by atomic mass is 16.3. The van der Waals surface area contributed by atoms with Crippen LogP contribution >= 0.6 is 0 Å². The Morgan fingerprint density at radius 3 is 2.79 bits per heavy atom. The summed E-state index contributed by atoms with van der Waals surface area (Å²) in [4.78, 5) is 31.8. The molecule has 7 nitrogen and oxygen atoms in total. The molecule has 1 aromatic heterocycles. The number of carbonyl (C=O) groups excluding carboxylic acids is 1. The third kappa shape index (κ3) is 3.62. The number of hydrogen-bond donors (Lipinski definition) is 3. The molecule has 2 heterocycles. The number of rotatable bonds is 4. The van der Waals surface area contributed by atoms with E-state index in [0.29, 0.717) is 5.69 Å². The number of benzene rings is 2. The maximum absolute atomic E-state index is 12.3. The van der Waals surface area contributed by atoms with E-state index in [1.165, 1.54) is 0 Å². The van der Waals surface area contributed by atoms with Gasteiger partial charge in [0.15, 0.2) is 0 Å². The summed E-state index contributed by atoms with van der Waals surface area (Å²) in [5.41, 5.74) is 4.69. The van der Waals surface area contributed by atoms with Crippen LogP contribution in [-0.2, 0) is 11.3 Å². The van der Waals surface area contributed by atoms with Crippen LogP contribution in [0.3, 0.4) is 0 Å². The number of imidazole rings is 1. The average molecular weight is 388 g/mol. The van der Waals surface area contributed by atoms with E-state index in [0.717, 1.165) is 32.7 Å². The summed E-state index contributed by atoms with van der Waals surface area (Å²) >= 11 is 0. The van der Waals surface area contributed by atoms with Crippen molar-refractivity contribution in [3.05, 3.63) is 75.8 Å². The zero-order valence-corrected chi connectivity index (χ0v) is 16.1. The molecule has 0 radical (unpaired) electrons. The normalized spacial score (nSPS) is 14.0. The van der Waals surface area contributed by atoms with E-state index in [2.05, 4.69) is 15.3 Å². The minimum Gasteiger partial charge on any atom is -0.493 e. The van der Waals surface area contributed by atoms with Crippen LogP contribution in [0.1, 0.15) is 23.7 Å². The van der Waals surface area contributed by atoms with Crippen LogP contribution in [0.25, 0.3) is 11.6 Å². The minimum atomic E-state index is -0.561. The van der Waals surface area contributed by atoms with E-state index in [4.69, 9.17) is 0 Å². The van der Waals surface area contributed by atoms with Gasteiger partial charge in [-0.05, 0) is 43.7 Å². The number of carbonyl (C=O) groups is 1. The monoisotopic (exact) mass is 388 g/mol. The third-order valence-electron chi connectivity index (χ3n) is 4.75. The SMILES string of the molecule is CC1=Nc2ccccc2C1=Cc1[nH]c(=O)n(CC(=O)Nc2cccc(C)c2)c1O. The number of aryl methyl sites for hydroxylation is 1. The smallest absolute Gasteiger partial charge is 0.329 e. The Kier molecular flexibility index (Phi) is 4.64. The van der Waals surface area contributed by atoms with Gasteiger partial charge in [0.2, 0.25) is 11.8 Å². The molecule has 0 aliphatic carbocycles. The van der Waals surface area contributed by atoms with E-state index in [1.54, 1.807) is 12.1 Å². The Labute approximate surface area is 167 Å². The van der Waals surface area contributed by atoms with Crippen molar-refractivity contribution in [3.8, 4) is 5.88 Å². The van der Waals surface area contributed by atoms with Crippen molar-refractivity contribution in [2.45, 2.75) is 20.4 Å². The van der Waals surface area contributed by atoms with E-state index in [1.807, 2.05) is 56.3 Å². The van der Waals surface area contributed by atoms with Crippen molar-refractivity contribution in [1.29, 1.82) is 0 Å². The maximum atomic E-state index is 12.3. The van der Waals surface area contributed by atoms with Crippen molar-refractivity contribution in [3.63, 3.8) is 0 Å². The lowest BCUT2D eigenvalue weighted by Gasteiger charge is -2.07. The molecule has 3 N–H and O–H groups in total. The second kappa shape index (κ2) is 7.27. The zero-order valence-electron chi connectivity index (χ0n) is 16.1. The zero-order chi connectivity index (χ0) is 20.5. The molecule has 1 amide bonds. The number of allylic oxidation sites excluding steroid dienone is 1. The van der Waals surface area contributed by atoms with Gasteiger partial charge >= 0.3 is 5.69 Å². The van der Waals surface area contributed by atoms with Crippen molar-refractivity contribution >= 4 is 34.6 Å². The maximum Gasteiger partial charge on any atom is 0.329 e. The highest BCUT2D eigenvalue weighted by molar-refractivity contribution is 6.31. The molecule has 0 saturated heterocycles. The quantitative estimate of drug-likeness (QED) is 0.638. The highest BCUT2D eigenvalue weighted by Gasteiger charge is 2.20. The summed E-state index contributed by atoms with van der Waals surface area (Å²) in [7, 11) is 0. The van der Waals surface area contributed by atoms with Crippen LogP contribution in [0, 0.1) is 6.92 Å². The van der Waals surface area contributed by atoms with Gasteiger partial charge in [0.25, 0.3) is 0 Å². The Morgan fingerprint density at radius 2 is 2.00 bits per heavy atom. The molecule has 4 rings (SSSR count). The van der Waals surface area contributed by atoms with Crippen molar-refractivity contribution in [1.82, 2.24) is 9.55 Å². The first-order valence-electron chi connectivity index (χ1n) is 9.17. The Balaban J connectivity index is 1.60. The van der Waals surface area contributed by atoms with Gasteiger partial charge in [-0.3, -0.25) is 14.4 Å². The highest BCUT2D eigenvalue weighted by Crippen LogP contribution is 2.36. The Bertz CT molecular complexity index is 1230. The van der Waals surface area contributed by atoms with Crippen LogP contribution in [0.5, 0.6) is 5.88 Å². The summed E-state index contributed by atoms with van der Waals surface area (Å²) < 4.78 is 1.00. The van der Waals surface area contributed by atoms with Crippen LogP contribution < -0.4 is 11.0 Å². The number of fused-ring (bicyclic) bond motifs is 1. The van der Waals surface area contributed by atoms with Gasteiger partial charge in [-0.2, -0.15) is 0 Å². The first kappa shape index (κ1) is 18.5. The molecule has 3 aromatic rings. The van der Waals surface area contributed by atoms with Gasteiger partial charge in [-0.15, -0.1) is 0 Å². The third-order valence-corrected chi connectivity index (χ3v) is 4.75. The Morgan fingerprint density at radius 1 is 1.21 bits per heavy atom. The molecule has 146 valence electrons. The van der Waals surface area contributed by atoms with Gasteiger partial charge in [0.05, 0.1) is 5.69 Å². The number of nitrogens with zero attached hydrogens (tertiary/aromatic N) is 2. The number of aromatic hydroxyl groups is 1. The predicted molar refractivity (Wildman–Crippen MR) is 114 cm³/mol. The molecule has 0 fully saturated rings. The van der Waals surface area contributed by atoms with Crippen LogP contribution in [-0.4, -0.2) is 26.3 Å². The average Bonchev–Trinajstić information content (AvgIpc) is 3.13. The topological polar surface area (TPSA) is 99.5 Å². The summed E-state index contributed by atoms with van der Waals surface area (Å²) in [5.74, 6) is -0.700. The van der Waals surface area contributed by atoms with Crippen LogP contribution in [0.4, 0.5) is 11.4 Å². The summed E-state index contributed by atoms with van der Waals surface area (Å²) in [6.45, 7) is 3.49. The van der Waals surface area contributed by atoms with Crippen LogP contribution in [0.2, 0.25) is 0 Å². The molecule has 0 saturated carbocycles. The number of anilines is 1. The van der Waals surface area contributed by atoms with Gasteiger partial charge < -0.3 is 15.4 Å². The van der Waals surface area contributed by atoms with Gasteiger partial charge in [0.1, 0.15) is 12.2 Å². The lowest BCUT2D eigenvalue weighted by Crippen LogP contribution is -2.25. The number of aromatic amines is 1. The molecule has 1 aliphatic heterocycles. The van der Waals surface area contributed by atoms with E-state index in [9.17, 15) is 14.7 Å². The molecule has 7 heteroatoms. The molecule has 29 heavy (non-hydrogen) atoms. The number of H-pyrrole nitrogens is 1. The number of amides is 1. The fourth-order valence-electron chi connectivity index (χ4n) is 3.36. The summed E-state index contributed by atoms with van der Waals surface area (Å²) in [5, 5.41) is 13.3. The lowest BCUT2D eigenvalue weighted by molar-refractivity contribution is -0.116. The first-order valence-corrected chi connectivity index (χ1v) is 9.17. The second-order valence-electron chi connectivity index (χ2n) is 6.94. The summed E-state index contributed by atoms with van der Waals surface area (Å²) in [6, 6.07) is 15.0. The van der Waals surface area contributed by atoms with Gasteiger partial charge in [-0.1, -0.05) is 30.3 Å². The molecular formula is C22H20N4O3. The molecule has 0 spiro atoms. The predicted octanol–water partition coefficient (Wildman–Crippen LogP) is 3.48. The van der Waals surface area contributed by atoms with Gasteiger partial charge in [0, 0.05) is 22.5 Å². The Hall–Kier alpha value is -3.87. The largest absolute Gasteiger partial charge is 0.493 e. The second-order valence-corrected chi connectivity index (χ2v) is 6.94. The minimum absolute atomic E-state index is 0.236. The number of nitrogens with one attached hydrogen (secondary N) is 2. The molecular weight excluding hydrogens is 368 g/mol. The molecule has 1 aliphatic rings. The molecule has 0 atom stereocenters. The number of hydrogen-bond acceptors (Lipinski definition) is 4. The molecule has 2 aromatic carbocycles. The van der Waals surface area contributed by atoms with E-state index >= 15 is 0 Å². The van der Waals surface area contributed by atoms with Crippen LogP contribution in [0.15, 0.2) is 58.3 Å². The van der Waals surface area contributed by atoms with Gasteiger partial charge in [-0.25, -0.2) is 4.79 Å². The van der Waals surface area contributed by atoms with Crippen molar-refractivity contribution < 1.29 is 9.90 Å². The lowest BCUT2D eigenvalue weighted by atomic mass is 10.0. The molecule has 0 bridgehead atoms. The number of para-hydroxylation sites is 1. The molecule has 0 unspecified atom stereocenters. The fourth-order valence-corrected chi connectivity index (χ4v) is 3.36. The van der Waals surface area contributed by atoms with E-state index in [-0.39, 0.29) is 18.1 Å². The first-order chi connectivity index (χ1) is 13.9. The number of aliphatic imine (C=N–C) groups is 1. The standard InChI is InChI=1S/C22H20N4O3/c1-13-6-5-7-15(10-13)24-20(27)12-26-21(28)19(25-22(26)29)11-17-14(2)23-18-9-4-3-8-16(17)18/h3-11,28H,12H2,1-2H3,(H,24,27)(H,25,29). The number of aromatic nitrogens is 2. The van der Waals surface area contributed by atoms with Crippen molar-refractivity contribution in [2.75, 3.05) is 5.32 Å². The van der Waals surface area contributed by atoms with Crippen molar-refractivity contribution in [2.24, 2.45) is 4.99 Å². The fraction of sp³-hybridized carbons (Fsp3) is 0.136. The van der Waals surface area contributed by atoms with E-state index < -0.39 is 11.6 Å².